The summed E-state index contributed by atoms with van der Waals surface area (Å²) in [6.45, 7) is 4.55. The van der Waals surface area contributed by atoms with Crippen LogP contribution in [0.3, 0.4) is 0 Å². The Morgan fingerprint density at radius 2 is 1.97 bits per heavy atom. The number of hydrogen-bond acceptors (Lipinski definition) is 7. The van der Waals surface area contributed by atoms with Crippen LogP contribution in [0.2, 0.25) is 0 Å². The Morgan fingerprint density at radius 1 is 1.24 bits per heavy atom. The molecule has 0 unspecified atom stereocenters. The zero-order chi connectivity index (χ0) is 24.4. The minimum Gasteiger partial charge on any atom is -0.505 e. The molecule has 0 aliphatic carbocycles. The molecule has 0 radical (unpaired) electrons. The molecule has 2 aromatic rings. The number of piperidine rings is 1. The molecule has 178 valence electrons. The molecule has 0 saturated carbocycles. The first kappa shape index (κ1) is 23.4. The fourth-order valence-corrected chi connectivity index (χ4v) is 4.25. The third-order valence-corrected chi connectivity index (χ3v) is 6.12. The van der Waals surface area contributed by atoms with Crippen molar-refractivity contribution in [3.05, 3.63) is 53.3 Å². The molecule has 0 spiro atoms. The van der Waals surface area contributed by atoms with E-state index in [0.29, 0.717) is 35.7 Å². The van der Waals surface area contributed by atoms with Crippen LogP contribution in [0.1, 0.15) is 36.8 Å². The number of aromatic hydroxyl groups is 1. The standard InChI is InChI=1S/C24H26FN5O4/c1-14-12-17(6-7-19(14)25)30-24(34)22(15(2)28-30)27-26-20-5-3-4-18(23(20)33)16-8-10-29(11-9-16)13-21(31)32/h3-7,12,16,26,33H,8-11,13H2,1-2H3,(H,31,32). The number of carboxylic acids is 1. The van der Waals surface area contributed by atoms with Crippen LogP contribution in [0.4, 0.5) is 15.8 Å². The zero-order valence-corrected chi connectivity index (χ0v) is 19.0. The summed E-state index contributed by atoms with van der Waals surface area (Å²) >= 11 is 0. The number of phenols is 1. The van der Waals surface area contributed by atoms with Crippen LogP contribution < -0.4 is 10.4 Å². The van der Waals surface area contributed by atoms with E-state index in [0.717, 1.165) is 18.4 Å². The van der Waals surface area contributed by atoms with Crippen LogP contribution in [0.15, 0.2) is 46.6 Å². The highest BCUT2D eigenvalue weighted by molar-refractivity contribution is 6.71. The van der Waals surface area contributed by atoms with Crippen LogP contribution in [0, 0.1) is 12.7 Å². The van der Waals surface area contributed by atoms with Gasteiger partial charge in [-0.3, -0.25) is 19.9 Å². The van der Waals surface area contributed by atoms with Crippen molar-refractivity contribution in [3.8, 4) is 5.75 Å². The molecule has 2 aliphatic rings. The first-order chi connectivity index (χ1) is 16.2. The number of carboxylic acid groups (broad SMARTS) is 1. The number of hydrogen-bond donors (Lipinski definition) is 3. The molecule has 0 bridgehead atoms. The summed E-state index contributed by atoms with van der Waals surface area (Å²) in [5, 5.41) is 29.4. The number of anilines is 2. The highest BCUT2D eigenvalue weighted by atomic mass is 19.1. The lowest BCUT2D eigenvalue weighted by atomic mass is 9.88. The Labute approximate surface area is 196 Å². The lowest BCUT2D eigenvalue weighted by Crippen LogP contribution is -2.36. The van der Waals surface area contributed by atoms with Gasteiger partial charge in [0.25, 0.3) is 0 Å². The summed E-state index contributed by atoms with van der Waals surface area (Å²) in [5.74, 6) is -1.53. The third-order valence-electron chi connectivity index (χ3n) is 6.12. The Balaban J connectivity index is 1.48. The topological polar surface area (TPSA) is 118 Å². The van der Waals surface area contributed by atoms with Gasteiger partial charge in [-0.2, -0.15) is 15.2 Å². The fourth-order valence-electron chi connectivity index (χ4n) is 4.25. The number of carbonyl (C=O) groups excluding carboxylic acids is 1. The minimum absolute atomic E-state index is 0.0151. The van der Waals surface area contributed by atoms with Crippen molar-refractivity contribution in [1.29, 1.82) is 0 Å². The van der Waals surface area contributed by atoms with E-state index in [4.69, 9.17) is 5.11 Å². The maximum absolute atomic E-state index is 13.6. The van der Waals surface area contributed by atoms with Gasteiger partial charge in [0.15, 0.2) is 5.71 Å². The molecule has 34 heavy (non-hydrogen) atoms. The quantitative estimate of drug-likeness (QED) is 0.443. The summed E-state index contributed by atoms with van der Waals surface area (Å²) in [4.78, 5) is 25.7. The molecular formula is C24H26FN5O4. The Kier molecular flexibility index (Phi) is 6.60. The van der Waals surface area contributed by atoms with Gasteiger partial charge in [0.2, 0.25) is 0 Å². The largest absolute Gasteiger partial charge is 0.505 e. The van der Waals surface area contributed by atoms with Crippen molar-refractivity contribution < 1.29 is 24.2 Å². The number of amides is 1. The SMILES string of the molecule is CC1=NN(c2ccc(F)c(C)c2)C(=O)C1=NNc1cccc(C2CCN(CC(=O)O)CC2)c1O. The molecule has 1 saturated heterocycles. The molecule has 4 rings (SSSR count). The van der Waals surface area contributed by atoms with Crippen molar-refractivity contribution in [2.24, 2.45) is 10.2 Å². The molecular weight excluding hydrogens is 441 g/mol. The second-order valence-corrected chi connectivity index (χ2v) is 8.50. The van der Waals surface area contributed by atoms with Crippen LogP contribution >= 0.6 is 0 Å². The van der Waals surface area contributed by atoms with Gasteiger partial charge in [-0.15, -0.1) is 0 Å². The molecule has 2 aliphatic heterocycles. The molecule has 9 nitrogen and oxygen atoms in total. The number of aryl methyl sites for hydroxylation is 1. The van der Waals surface area contributed by atoms with Gasteiger partial charge in [-0.25, -0.2) is 4.39 Å². The van der Waals surface area contributed by atoms with Crippen molar-refractivity contribution in [3.63, 3.8) is 0 Å². The van der Waals surface area contributed by atoms with Gasteiger partial charge in [0.05, 0.1) is 23.6 Å². The van der Waals surface area contributed by atoms with Gasteiger partial charge in [-0.1, -0.05) is 12.1 Å². The van der Waals surface area contributed by atoms with E-state index >= 15 is 0 Å². The molecule has 0 atom stereocenters. The first-order valence-corrected chi connectivity index (χ1v) is 11.0. The van der Waals surface area contributed by atoms with E-state index in [-0.39, 0.29) is 29.7 Å². The molecule has 1 amide bonds. The molecule has 2 heterocycles. The minimum atomic E-state index is -0.847. The van der Waals surface area contributed by atoms with E-state index in [9.17, 15) is 19.1 Å². The van der Waals surface area contributed by atoms with E-state index in [1.54, 1.807) is 26.0 Å². The maximum Gasteiger partial charge on any atom is 0.317 e. The molecule has 3 N–H and O–H groups in total. The average molecular weight is 468 g/mol. The number of rotatable bonds is 6. The number of nitrogens with one attached hydrogen (secondary N) is 1. The van der Waals surface area contributed by atoms with E-state index < -0.39 is 11.9 Å². The summed E-state index contributed by atoms with van der Waals surface area (Å²) in [6.07, 6.45) is 1.46. The van der Waals surface area contributed by atoms with Gasteiger partial charge in [0, 0.05) is 0 Å². The lowest BCUT2D eigenvalue weighted by Gasteiger charge is -2.31. The molecule has 2 aromatic carbocycles. The summed E-state index contributed by atoms with van der Waals surface area (Å²) in [5.41, 5.74) is 5.22. The third kappa shape index (κ3) is 4.76. The molecule has 1 fully saturated rings. The Hall–Kier alpha value is -3.79. The predicted molar refractivity (Wildman–Crippen MR) is 127 cm³/mol. The van der Waals surface area contributed by atoms with Gasteiger partial charge >= 0.3 is 11.9 Å². The van der Waals surface area contributed by atoms with Crippen molar-refractivity contribution in [1.82, 2.24) is 4.90 Å². The number of aliphatic carboxylic acids is 1. The fraction of sp³-hybridized carbons (Fsp3) is 0.333. The summed E-state index contributed by atoms with van der Waals surface area (Å²) < 4.78 is 13.6. The van der Waals surface area contributed by atoms with Crippen molar-refractivity contribution in [2.45, 2.75) is 32.6 Å². The number of phenolic OH excluding ortho intramolecular Hbond substituents is 1. The van der Waals surface area contributed by atoms with Gasteiger partial charge < -0.3 is 10.2 Å². The van der Waals surface area contributed by atoms with Crippen LogP contribution in [-0.4, -0.2) is 58.0 Å². The first-order valence-electron chi connectivity index (χ1n) is 11.0. The average Bonchev–Trinajstić information content (AvgIpc) is 3.08. The van der Waals surface area contributed by atoms with Crippen LogP contribution in [-0.2, 0) is 9.59 Å². The smallest absolute Gasteiger partial charge is 0.317 e. The maximum atomic E-state index is 13.6. The number of halogens is 1. The zero-order valence-electron chi connectivity index (χ0n) is 19.0. The van der Waals surface area contributed by atoms with E-state index in [1.807, 2.05) is 11.0 Å². The van der Waals surface area contributed by atoms with Gasteiger partial charge in [-0.05, 0) is 81.1 Å². The number of benzene rings is 2. The van der Waals surface area contributed by atoms with Crippen LogP contribution in [0.5, 0.6) is 5.75 Å². The monoisotopic (exact) mass is 467 g/mol. The number of hydrazone groups is 2. The second kappa shape index (κ2) is 9.60. The number of likely N-dealkylation sites (tertiary alicyclic amines) is 1. The van der Waals surface area contributed by atoms with Crippen molar-refractivity contribution >= 4 is 34.7 Å². The summed E-state index contributed by atoms with van der Waals surface area (Å²) in [6, 6.07) is 9.60. The Bertz CT molecular complexity index is 1190. The van der Waals surface area contributed by atoms with E-state index in [1.165, 1.54) is 23.2 Å². The number of para-hydroxylation sites is 1. The highest BCUT2D eigenvalue weighted by Gasteiger charge is 2.31. The molecule has 10 heteroatoms. The number of carbonyl (C=O) groups is 2. The van der Waals surface area contributed by atoms with Crippen molar-refractivity contribution in [2.75, 3.05) is 30.1 Å². The van der Waals surface area contributed by atoms with E-state index in [2.05, 4.69) is 15.6 Å². The normalized spacial score (nSPS) is 18.4. The highest BCUT2D eigenvalue weighted by Crippen LogP contribution is 2.38. The lowest BCUT2D eigenvalue weighted by molar-refractivity contribution is -0.138. The van der Waals surface area contributed by atoms with Crippen LogP contribution in [0.25, 0.3) is 0 Å². The number of nitrogens with zero attached hydrogens (tertiary/aromatic N) is 4. The summed E-state index contributed by atoms with van der Waals surface area (Å²) in [7, 11) is 0. The second-order valence-electron chi connectivity index (χ2n) is 8.50. The van der Waals surface area contributed by atoms with Gasteiger partial charge in [0.1, 0.15) is 11.6 Å². The predicted octanol–water partition coefficient (Wildman–Crippen LogP) is 3.29. The Morgan fingerprint density at radius 3 is 2.65 bits per heavy atom. The molecule has 0 aromatic heterocycles.